The molecule has 1 aliphatic heterocycles. The lowest BCUT2D eigenvalue weighted by Gasteiger charge is -2.18. The highest BCUT2D eigenvalue weighted by molar-refractivity contribution is 7.25. The van der Waals surface area contributed by atoms with Gasteiger partial charge in [0.05, 0.1) is 11.4 Å². The molecule has 3 heterocycles. The maximum Gasteiger partial charge on any atom is 0.164 e. The second-order valence-corrected chi connectivity index (χ2v) is 17.6. The molecule has 6 heteroatoms. The van der Waals surface area contributed by atoms with Gasteiger partial charge < -0.3 is 0 Å². The molecule has 0 amide bonds. The maximum absolute atomic E-state index is 5.46. The topological polar surface area (TPSA) is 63.4 Å². The molecule has 0 aliphatic carbocycles. The van der Waals surface area contributed by atoms with E-state index in [1.54, 1.807) is 0 Å². The first-order valence-corrected chi connectivity index (χ1v) is 22.9. The molecule has 0 radical (unpaired) electrons. The number of benzene rings is 8. The Bertz CT molecular complexity index is 3440. The number of nitrogens with zero attached hydrogens (tertiary/aromatic N) is 5. The van der Waals surface area contributed by atoms with Crippen molar-refractivity contribution >= 4 is 48.8 Å². The van der Waals surface area contributed by atoms with Gasteiger partial charge >= 0.3 is 0 Å². The second-order valence-electron chi connectivity index (χ2n) is 16.5. The second kappa shape index (κ2) is 17.3. The summed E-state index contributed by atoms with van der Waals surface area (Å²) in [4.78, 5) is 26.1. The van der Waals surface area contributed by atoms with Crippen LogP contribution < -0.4 is 0 Å². The molecule has 65 heavy (non-hydrogen) atoms. The summed E-state index contributed by atoms with van der Waals surface area (Å²) in [6.07, 6.45) is 1.70. The number of rotatable bonds is 8. The summed E-state index contributed by atoms with van der Waals surface area (Å²) < 4.78 is 2.46. The summed E-state index contributed by atoms with van der Waals surface area (Å²) in [6, 6.07) is 70.1. The molecule has 2 aromatic heterocycles. The zero-order valence-corrected chi connectivity index (χ0v) is 36.9. The SMILES string of the molecule is C/C1=C(\c2ccccc2)N=C(c2ccccc2-c2ccc3sc4ccc(-c5ccccc5-c5nc(-c6ccccc6)nc(-c6ccccc6)n5)cc4c3c2)N=C(c2cccc(C)c2)CC1. The van der Waals surface area contributed by atoms with Gasteiger partial charge in [0.25, 0.3) is 0 Å². The molecule has 1 aliphatic rings. The Morgan fingerprint density at radius 1 is 0.369 bits per heavy atom. The minimum atomic E-state index is 0.633. The van der Waals surface area contributed by atoms with Gasteiger partial charge in [0.1, 0.15) is 0 Å². The Morgan fingerprint density at radius 3 is 1.45 bits per heavy atom. The van der Waals surface area contributed by atoms with Crippen molar-refractivity contribution in [2.75, 3.05) is 0 Å². The molecular formula is C59H43N5S. The van der Waals surface area contributed by atoms with Crippen molar-refractivity contribution in [2.24, 2.45) is 9.98 Å². The fourth-order valence-corrected chi connectivity index (χ4v) is 9.86. The zero-order chi connectivity index (χ0) is 43.7. The van der Waals surface area contributed by atoms with Gasteiger partial charge in [0.15, 0.2) is 23.3 Å². The van der Waals surface area contributed by atoms with Crippen LogP contribution in [0.1, 0.15) is 42.0 Å². The molecule has 0 saturated heterocycles. The number of aryl methyl sites for hydroxylation is 1. The van der Waals surface area contributed by atoms with Crippen molar-refractivity contribution < 1.29 is 0 Å². The van der Waals surface area contributed by atoms with Gasteiger partial charge in [-0.3, -0.25) is 0 Å². The average molecular weight is 854 g/mol. The zero-order valence-electron chi connectivity index (χ0n) is 36.1. The van der Waals surface area contributed by atoms with Crippen LogP contribution >= 0.6 is 11.3 Å². The van der Waals surface area contributed by atoms with E-state index in [4.69, 9.17) is 24.9 Å². The van der Waals surface area contributed by atoms with Gasteiger partial charge in [-0.15, -0.1) is 11.3 Å². The number of fused-ring (bicyclic) bond motifs is 3. The summed E-state index contributed by atoms with van der Waals surface area (Å²) in [6.45, 7) is 4.35. The van der Waals surface area contributed by atoms with E-state index in [9.17, 15) is 0 Å². The maximum atomic E-state index is 5.46. The number of hydrogen-bond acceptors (Lipinski definition) is 6. The minimum Gasteiger partial charge on any atom is -0.232 e. The van der Waals surface area contributed by atoms with E-state index in [1.807, 2.05) is 72.0 Å². The van der Waals surface area contributed by atoms with Crippen LogP contribution in [0.25, 0.3) is 82.3 Å². The first-order valence-electron chi connectivity index (χ1n) is 22.0. The number of thiophene rings is 1. The van der Waals surface area contributed by atoms with Crippen molar-refractivity contribution in [3.05, 3.63) is 228 Å². The van der Waals surface area contributed by atoms with Crippen LogP contribution in [0.5, 0.6) is 0 Å². The molecule has 0 N–H and O–H groups in total. The van der Waals surface area contributed by atoms with E-state index in [-0.39, 0.29) is 0 Å². The highest BCUT2D eigenvalue weighted by Gasteiger charge is 2.20. The lowest BCUT2D eigenvalue weighted by Crippen LogP contribution is -2.11. The monoisotopic (exact) mass is 853 g/mol. The quantitative estimate of drug-likeness (QED) is 0.153. The van der Waals surface area contributed by atoms with Crippen LogP contribution in [0.15, 0.2) is 216 Å². The number of aliphatic imine (C=N–C) groups is 2. The van der Waals surface area contributed by atoms with Crippen molar-refractivity contribution in [3.8, 4) is 56.4 Å². The Balaban J connectivity index is 1.04. The van der Waals surface area contributed by atoms with Gasteiger partial charge in [-0.1, -0.05) is 181 Å². The molecule has 0 unspecified atom stereocenters. The molecule has 310 valence electrons. The fourth-order valence-electron chi connectivity index (χ4n) is 8.80. The van der Waals surface area contributed by atoms with Gasteiger partial charge in [0.2, 0.25) is 0 Å². The third-order valence-electron chi connectivity index (χ3n) is 12.1. The molecule has 8 aromatic carbocycles. The van der Waals surface area contributed by atoms with Crippen LogP contribution in [0.4, 0.5) is 0 Å². The summed E-state index contributed by atoms with van der Waals surface area (Å²) in [7, 11) is 0. The Hall–Kier alpha value is -7.93. The molecule has 5 nitrogen and oxygen atoms in total. The number of amidine groups is 1. The van der Waals surface area contributed by atoms with Crippen molar-refractivity contribution in [1.82, 2.24) is 15.0 Å². The largest absolute Gasteiger partial charge is 0.232 e. The molecule has 10 aromatic rings. The molecule has 0 saturated carbocycles. The molecule has 0 bridgehead atoms. The van der Waals surface area contributed by atoms with E-state index in [0.29, 0.717) is 23.3 Å². The van der Waals surface area contributed by atoms with Gasteiger partial charge in [-0.2, -0.15) is 0 Å². The Morgan fingerprint density at radius 2 is 0.862 bits per heavy atom. The summed E-state index contributed by atoms with van der Waals surface area (Å²) in [5.74, 6) is 2.63. The van der Waals surface area contributed by atoms with E-state index < -0.39 is 0 Å². The highest BCUT2D eigenvalue weighted by atomic mass is 32.1. The third-order valence-corrected chi connectivity index (χ3v) is 13.3. The predicted molar refractivity (Wildman–Crippen MR) is 272 cm³/mol. The number of hydrogen-bond donors (Lipinski definition) is 0. The summed E-state index contributed by atoms with van der Waals surface area (Å²) in [5.41, 5.74) is 14.9. The summed E-state index contributed by atoms with van der Waals surface area (Å²) >= 11 is 1.82. The molecule has 0 atom stereocenters. The Kier molecular flexibility index (Phi) is 10.6. The summed E-state index contributed by atoms with van der Waals surface area (Å²) in [5, 5.41) is 2.41. The Labute approximate surface area is 383 Å². The van der Waals surface area contributed by atoms with Gasteiger partial charge in [0, 0.05) is 48.0 Å². The smallest absolute Gasteiger partial charge is 0.164 e. The van der Waals surface area contributed by atoms with Gasteiger partial charge in [-0.05, 0) is 84.3 Å². The lowest BCUT2D eigenvalue weighted by atomic mass is 9.94. The van der Waals surface area contributed by atoms with E-state index in [2.05, 4.69) is 153 Å². The molecule has 0 fully saturated rings. The van der Waals surface area contributed by atoms with E-state index in [1.165, 1.54) is 31.3 Å². The normalized spacial score (nSPS) is 14.2. The predicted octanol–water partition coefficient (Wildman–Crippen LogP) is 15.3. The lowest BCUT2D eigenvalue weighted by molar-refractivity contribution is 1.00. The van der Waals surface area contributed by atoms with Gasteiger partial charge in [-0.25, -0.2) is 24.9 Å². The van der Waals surface area contributed by atoms with Crippen molar-refractivity contribution in [3.63, 3.8) is 0 Å². The van der Waals surface area contributed by atoms with Crippen LogP contribution in [-0.4, -0.2) is 26.5 Å². The van der Waals surface area contributed by atoms with E-state index in [0.717, 1.165) is 79.9 Å². The van der Waals surface area contributed by atoms with Crippen LogP contribution in [-0.2, 0) is 0 Å². The molecule has 11 rings (SSSR count). The molecular weight excluding hydrogens is 811 g/mol. The van der Waals surface area contributed by atoms with E-state index >= 15 is 0 Å². The third kappa shape index (κ3) is 8.01. The minimum absolute atomic E-state index is 0.633. The molecule has 0 spiro atoms. The first kappa shape index (κ1) is 39.9. The van der Waals surface area contributed by atoms with Crippen molar-refractivity contribution in [2.45, 2.75) is 26.7 Å². The van der Waals surface area contributed by atoms with Crippen molar-refractivity contribution in [1.29, 1.82) is 0 Å². The van der Waals surface area contributed by atoms with Crippen LogP contribution in [0.2, 0.25) is 0 Å². The first-order chi connectivity index (χ1) is 32.0. The van der Waals surface area contributed by atoms with Crippen LogP contribution in [0.3, 0.4) is 0 Å². The standard InChI is InChI=1S/C59H43N5S/c1-38-17-16-24-45(35-38)52-32-29-39(2)55(40-18-6-3-7-19-40)61-58(60-52)48-27-14-12-25-46(48)43-30-33-53-50(36-43)51-37-44(31-34-54(51)65-53)47-26-13-15-28-49(47)59-63-56(41-20-8-4-9-21-41)62-57(64-59)42-22-10-5-11-23-42/h3-28,30-31,33-37H,29,32H2,1-2H3/b55-39-,60-52?,61-58?. The fraction of sp³-hybridized carbons (Fsp3) is 0.0678. The van der Waals surface area contributed by atoms with Crippen LogP contribution in [0, 0.1) is 6.92 Å². The number of aromatic nitrogens is 3. The average Bonchev–Trinajstić information content (AvgIpc) is 3.73. The highest BCUT2D eigenvalue weighted by Crippen LogP contribution is 2.41. The number of allylic oxidation sites excluding steroid dienone is 1.